The van der Waals surface area contributed by atoms with Gasteiger partial charge in [0, 0.05) is 57.1 Å². The number of hydrogen-bond donors (Lipinski definition) is 0. The molecule has 10 aromatic carbocycles. The molecule has 0 aromatic heterocycles. The van der Waals surface area contributed by atoms with E-state index in [0.29, 0.717) is 0 Å². The van der Waals surface area contributed by atoms with Crippen LogP contribution in [0.4, 0.5) is 51.2 Å². The van der Waals surface area contributed by atoms with Crippen molar-refractivity contribution in [3.8, 4) is 11.1 Å². The zero-order valence-electron chi connectivity index (χ0n) is 35.5. The van der Waals surface area contributed by atoms with Crippen LogP contribution < -0.4 is 14.7 Å². The van der Waals surface area contributed by atoms with E-state index in [-0.39, 0.29) is 5.92 Å². The van der Waals surface area contributed by atoms with Gasteiger partial charge in [-0.3, -0.25) is 0 Å². The van der Waals surface area contributed by atoms with Crippen molar-refractivity contribution < 1.29 is 0 Å². The van der Waals surface area contributed by atoms with E-state index in [4.69, 9.17) is 0 Å². The zero-order chi connectivity index (χ0) is 42.9. The summed E-state index contributed by atoms with van der Waals surface area (Å²) in [5, 5.41) is 0. The molecule has 64 heavy (non-hydrogen) atoms. The van der Waals surface area contributed by atoms with Crippen molar-refractivity contribution in [1.82, 2.24) is 0 Å². The second kappa shape index (κ2) is 18.7. The third kappa shape index (κ3) is 8.56. The Morgan fingerprint density at radius 1 is 0.172 bits per heavy atom. The van der Waals surface area contributed by atoms with Crippen LogP contribution in [-0.2, 0) is 0 Å². The molecule has 0 amide bonds. The number of hydrogen-bond acceptors (Lipinski definition) is 3. The smallest absolute Gasteiger partial charge is 0.0463 e. The standard InChI is InChI=1S/C61H47N3/c1-7-19-47(20-8-1)48-31-37-56(38-32-48)64(60-45-43-59(44-46-60)63(54-27-15-5-16-28-54)55-29-17-6-18-30-55)58-41-35-51(36-42-58)61(49-21-9-2-10-22-49)50-33-39-57(40-34-50)62(52-23-11-3-12-24-52)53-25-13-4-14-26-53/h1-46,61H. The summed E-state index contributed by atoms with van der Waals surface area (Å²) in [5.41, 5.74) is 16.0. The molecule has 0 bridgehead atoms. The summed E-state index contributed by atoms with van der Waals surface area (Å²) >= 11 is 0. The number of anilines is 9. The lowest BCUT2D eigenvalue weighted by atomic mass is 9.85. The molecule has 0 aliphatic carbocycles. The van der Waals surface area contributed by atoms with E-state index in [9.17, 15) is 0 Å². The molecule has 0 spiro atoms. The minimum Gasteiger partial charge on any atom is -0.311 e. The Morgan fingerprint density at radius 2 is 0.375 bits per heavy atom. The SMILES string of the molecule is c1ccc(-c2ccc(N(c3ccc(C(c4ccccc4)c4ccc(N(c5ccccc5)c5ccccc5)cc4)cc3)c3ccc(N(c4ccccc4)c4ccccc4)cc3)cc2)cc1. The van der Waals surface area contributed by atoms with Gasteiger partial charge in [-0.25, -0.2) is 0 Å². The van der Waals surface area contributed by atoms with Gasteiger partial charge in [-0.2, -0.15) is 0 Å². The highest BCUT2D eigenvalue weighted by Gasteiger charge is 2.21. The van der Waals surface area contributed by atoms with Crippen molar-refractivity contribution in [2.75, 3.05) is 14.7 Å². The number of nitrogens with zero attached hydrogens (tertiary/aromatic N) is 3. The van der Waals surface area contributed by atoms with Crippen LogP contribution >= 0.6 is 0 Å². The molecule has 0 fully saturated rings. The topological polar surface area (TPSA) is 9.72 Å². The summed E-state index contributed by atoms with van der Waals surface area (Å²) in [6.45, 7) is 0. The average Bonchev–Trinajstić information content (AvgIpc) is 3.38. The van der Waals surface area contributed by atoms with E-state index >= 15 is 0 Å². The van der Waals surface area contributed by atoms with E-state index in [2.05, 4.69) is 294 Å². The molecule has 306 valence electrons. The van der Waals surface area contributed by atoms with Crippen LogP contribution in [0.2, 0.25) is 0 Å². The number of para-hydroxylation sites is 4. The van der Waals surface area contributed by atoms with Crippen molar-refractivity contribution in [3.05, 3.63) is 296 Å². The van der Waals surface area contributed by atoms with Gasteiger partial charge in [0.15, 0.2) is 0 Å². The lowest BCUT2D eigenvalue weighted by Crippen LogP contribution is -2.12. The van der Waals surface area contributed by atoms with Crippen LogP contribution in [0, 0.1) is 0 Å². The molecule has 1 atom stereocenters. The first-order chi connectivity index (χ1) is 31.8. The molecule has 3 nitrogen and oxygen atoms in total. The lowest BCUT2D eigenvalue weighted by molar-refractivity contribution is 0.976. The van der Waals surface area contributed by atoms with Gasteiger partial charge in [0.1, 0.15) is 0 Å². The maximum absolute atomic E-state index is 2.35. The Hall–Kier alpha value is -8.40. The monoisotopic (exact) mass is 821 g/mol. The molecule has 10 rings (SSSR count). The van der Waals surface area contributed by atoms with Crippen molar-refractivity contribution >= 4 is 51.2 Å². The first-order valence-corrected chi connectivity index (χ1v) is 21.9. The Balaban J connectivity index is 1.02. The van der Waals surface area contributed by atoms with E-state index in [1.165, 1.54) is 27.8 Å². The lowest BCUT2D eigenvalue weighted by Gasteiger charge is -2.29. The third-order valence-corrected chi connectivity index (χ3v) is 11.8. The molecule has 0 aliphatic heterocycles. The molecule has 1 unspecified atom stereocenters. The van der Waals surface area contributed by atoms with Crippen LogP contribution in [-0.4, -0.2) is 0 Å². The van der Waals surface area contributed by atoms with Gasteiger partial charge >= 0.3 is 0 Å². The second-order valence-electron chi connectivity index (χ2n) is 15.8. The molecule has 0 aliphatic rings. The summed E-state index contributed by atoms with van der Waals surface area (Å²) in [6.07, 6.45) is 0. The van der Waals surface area contributed by atoms with Crippen LogP contribution in [0.1, 0.15) is 22.6 Å². The third-order valence-electron chi connectivity index (χ3n) is 11.8. The highest BCUT2D eigenvalue weighted by atomic mass is 15.2. The highest BCUT2D eigenvalue weighted by Crippen LogP contribution is 2.42. The number of rotatable bonds is 13. The predicted octanol–water partition coefficient (Wildman–Crippen LogP) is 16.9. The average molecular weight is 822 g/mol. The Labute approximate surface area is 377 Å². The maximum atomic E-state index is 2.35. The van der Waals surface area contributed by atoms with Gasteiger partial charge in [-0.05, 0) is 137 Å². The molecular weight excluding hydrogens is 775 g/mol. The first-order valence-electron chi connectivity index (χ1n) is 21.9. The molecule has 0 saturated carbocycles. The number of benzene rings is 10. The van der Waals surface area contributed by atoms with Crippen LogP contribution in [0.15, 0.2) is 279 Å². The maximum Gasteiger partial charge on any atom is 0.0463 e. The first kappa shape index (κ1) is 39.7. The molecular formula is C61H47N3. The van der Waals surface area contributed by atoms with Gasteiger partial charge in [0.25, 0.3) is 0 Å². The summed E-state index contributed by atoms with van der Waals surface area (Å²) in [4.78, 5) is 6.96. The molecule has 3 heteroatoms. The zero-order valence-corrected chi connectivity index (χ0v) is 35.5. The fourth-order valence-electron chi connectivity index (χ4n) is 8.69. The van der Waals surface area contributed by atoms with Gasteiger partial charge in [-0.1, -0.05) is 170 Å². The summed E-state index contributed by atoms with van der Waals surface area (Å²) < 4.78 is 0. The van der Waals surface area contributed by atoms with E-state index < -0.39 is 0 Å². The fourth-order valence-corrected chi connectivity index (χ4v) is 8.69. The van der Waals surface area contributed by atoms with Gasteiger partial charge in [0.05, 0.1) is 0 Å². The Bertz CT molecular complexity index is 2900. The molecule has 10 aromatic rings. The minimum atomic E-state index is 0.0334. The fraction of sp³-hybridized carbons (Fsp3) is 0.0164. The molecule has 0 radical (unpaired) electrons. The predicted molar refractivity (Wildman–Crippen MR) is 270 cm³/mol. The van der Waals surface area contributed by atoms with Crippen molar-refractivity contribution in [2.24, 2.45) is 0 Å². The normalized spacial score (nSPS) is 11.4. The van der Waals surface area contributed by atoms with E-state index in [0.717, 1.165) is 51.2 Å². The van der Waals surface area contributed by atoms with Crippen LogP contribution in [0.5, 0.6) is 0 Å². The Morgan fingerprint density at radius 3 is 0.688 bits per heavy atom. The largest absolute Gasteiger partial charge is 0.311 e. The van der Waals surface area contributed by atoms with Crippen LogP contribution in [0.3, 0.4) is 0 Å². The van der Waals surface area contributed by atoms with Crippen molar-refractivity contribution in [1.29, 1.82) is 0 Å². The van der Waals surface area contributed by atoms with Gasteiger partial charge in [0.2, 0.25) is 0 Å². The Kier molecular flexibility index (Phi) is 11.6. The summed E-state index contributed by atoms with van der Waals surface area (Å²) in [5.74, 6) is 0.0334. The van der Waals surface area contributed by atoms with Crippen molar-refractivity contribution in [3.63, 3.8) is 0 Å². The summed E-state index contributed by atoms with van der Waals surface area (Å²) in [7, 11) is 0. The van der Waals surface area contributed by atoms with E-state index in [1.807, 2.05) is 0 Å². The molecule has 0 N–H and O–H groups in total. The van der Waals surface area contributed by atoms with Gasteiger partial charge in [-0.15, -0.1) is 0 Å². The molecule has 0 saturated heterocycles. The quantitative estimate of drug-likeness (QED) is 0.107. The van der Waals surface area contributed by atoms with E-state index in [1.54, 1.807) is 0 Å². The van der Waals surface area contributed by atoms with Crippen LogP contribution in [0.25, 0.3) is 11.1 Å². The minimum absolute atomic E-state index is 0.0334. The highest BCUT2D eigenvalue weighted by molar-refractivity contribution is 5.82. The van der Waals surface area contributed by atoms with Gasteiger partial charge < -0.3 is 14.7 Å². The van der Waals surface area contributed by atoms with Crippen molar-refractivity contribution in [2.45, 2.75) is 5.92 Å². The second-order valence-corrected chi connectivity index (χ2v) is 15.8. The molecule has 0 heterocycles. The summed E-state index contributed by atoms with van der Waals surface area (Å²) in [6, 6.07) is 99.7.